The third kappa shape index (κ3) is 1.73. The van der Waals surface area contributed by atoms with E-state index in [2.05, 4.69) is 36.3 Å². The van der Waals surface area contributed by atoms with Gasteiger partial charge >= 0.3 is 0 Å². The zero-order chi connectivity index (χ0) is 10.8. The van der Waals surface area contributed by atoms with Crippen LogP contribution in [0.3, 0.4) is 0 Å². The van der Waals surface area contributed by atoms with Gasteiger partial charge in [0.2, 0.25) is 0 Å². The number of fused-ring (bicyclic) bond motifs is 1. The van der Waals surface area contributed by atoms with Crippen molar-refractivity contribution in [1.82, 2.24) is 4.98 Å². The molecule has 0 amide bonds. The molecule has 0 radical (unpaired) electrons. The molecule has 1 aromatic heterocycles. The molecular formula is C12H15N3. The van der Waals surface area contributed by atoms with Crippen LogP contribution in [-0.2, 0) is 0 Å². The van der Waals surface area contributed by atoms with Crippen molar-refractivity contribution < 1.29 is 0 Å². The number of benzene rings is 1. The number of nitrogens with one attached hydrogen (secondary N) is 1. The van der Waals surface area contributed by atoms with Crippen molar-refractivity contribution in [3.63, 3.8) is 0 Å². The van der Waals surface area contributed by atoms with Crippen LogP contribution in [0.25, 0.3) is 10.9 Å². The standard InChI is InChI=1S/C12H15N3/c1-3-14-11-5-4-8(2)10-6-9(13)7-15-12(10)11/h4-7,14H,3,13H2,1-2H3. The molecule has 0 aliphatic rings. The second kappa shape index (κ2) is 3.77. The molecule has 0 saturated heterocycles. The average molecular weight is 201 g/mol. The first-order chi connectivity index (χ1) is 7.22. The zero-order valence-corrected chi connectivity index (χ0v) is 9.04. The van der Waals surface area contributed by atoms with Gasteiger partial charge in [-0.2, -0.15) is 0 Å². The number of hydrogen-bond donors (Lipinski definition) is 2. The second-order valence-corrected chi connectivity index (χ2v) is 3.63. The first kappa shape index (κ1) is 9.77. The van der Waals surface area contributed by atoms with Gasteiger partial charge in [0, 0.05) is 11.9 Å². The maximum absolute atomic E-state index is 5.73. The highest BCUT2D eigenvalue weighted by atomic mass is 14.9. The van der Waals surface area contributed by atoms with Gasteiger partial charge in [0.05, 0.1) is 23.1 Å². The number of nitrogen functional groups attached to an aromatic ring is 1. The van der Waals surface area contributed by atoms with Crippen LogP contribution in [0.15, 0.2) is 24.4 Å². The van der Waals surface area contributed by atoms with Gasteiger partial charge in [-0.15, -0.1) is 0 Å². The van der Waals surface area contributed by atoms with E-state index in [1.54, 1.807) is 6.20 Å². The molecule has 15 heavy (non-hydrogen) atoms. The van der Waals surface area contributed by atoms with Gasteiger partial charge in [0.25, 0.3) is 0 Å². The molecule has 3 N–H and O–H groups in total. The Morgan fingerprint density at radius 2 is 2.20 bits per heavy atom. The number of aromatic nitrogens is 1. The number of hydrogen-bond acceptors (Lipinski definition) is 3. The van der Waals surface area contributed by atoms with Gasteiger partial charge in [-0.1, -0.05) is 6.07 Å². The third-order valence-electron chi connectivity index (χ3n) is 2.46. The molecule has 0 fully saturated rings. The molecular weight excluding hydrogens is 186 g/mol. The maximum atomic E-state index is 5.73. The van der Waals surface area contributed by atoms with Crippen molar-refractivity contribution in [2.24, 2.45) is 0 Å². The summed E-state index contributed by atoms with van der Waals surface area (Å²) in [5.41, 5.74) is 9.70. The molecule has 2 aromatic rings. The SMILES string of the molecule is CCNc1ccc(C)c2cc(N)cnc12. The summed E-state index contributed by atoms with van der Waals surface area (Å²) in [6.45, 7) is 5.03. The first-order valence-corrected chi connectivity index (χ1v) is 5.11. The van der Waals surface area contributed by atoms with E-state index in [1.807, 2.05) is 6.07 Å². The summed E-state index contributed by atoms with van der Waals surface area (Å²) in [6.07, 6.45) is 1.70. The molecule has 78 valence electrons. The highest BCUT2D eigenvalue weighted by molar-refractivity contribution is 5.94. The zero-order valence-electron chi connectivity index (χ0n) is 9.04. The van der Waals surface area contributed by atoms with Gasteiger partial charge in [-0.25, -0.2) is 0 Å². The summed E-state index contributed by atoms with van der Waals surface area (Å²) in [6, 6.07) is 6.12. The molecule has 3 nitrogen and oxygen atoms in total. The first-order valence-electron chi connectivity index (χ1n) is 5.11. The van der Waals surface area contributed by atoms with E-state index >= 15 is 0 Å². The third-order valence-corrected chi connectivity index (χ3v) is 2.46. The van der Waals surface area contributed by atoms with E-state index in [1.165, 1.54) is 5.56 Å². The van der Waals surface area contributed by atoms with Gasteiger partial charge in [0.15, 0.2) is 0 Å². The predicted molar refractivity (Wildman–Crippen MR) is 65.1 cm³/mol. The fourth-order valence-corrected chi connectivity index (χ4v) is 1.71. The Morgan fingerprint density at radius 3 is 2.93 bits per heavy atom. The average Bonchev–Trinajstić information content (AvgIpc) is 2.23. The molecule has 3 heteroatoms. The van der Waals surface area contributed by atoms with E-state index in [4.69, 9.17) is 5.73 Å². The van der Waals surface area contributed by atoms with E-state index in [-0.39, 0.29) is 0 Å². The lowest BCUT2D eigenvalue weighted by atomic mass is 10.1. The van der Waals surface area contributed by atoms with Gasteiger partial charge < -0.3 is 11.1 Å². The number of nitrogens with two attached hydrogens (primary N) is 1. The molecule has 2 rings (SSSR count). The predicted octanol–water partition coefficient (Wildman–Crippen LogP) is 2.56. The van der Waals surface area contributed by atoms with Gasteiger partial charge in [0.1, 0.15) is 0 Å². The Hall–Kier alpha value is -1.77. The van der Waals surface area contributed by atoms with Gasteiger partial charge in [-0.3, -0.25) is 4.98 Å². The number of pyridine rings is 1. The molecule has 0 bridgehead atoms. The van der Waals surface area contributed by atoms with Crippen LogP contribution >= 0.6 is 0 Å². The van der Waals surface area contributed by atoms with E-state index in [0.717, 1.165) is 23.1 Å². The topological polar surface area (TPSA) is 50.9 Å². The molecule has 0 aliphatic heterocycles. The Balaban J connectivity index is 2.71. The smallest absolute Gasteiger partial charge is 0.0937 e. The number of aryl methyl sites for hydroxylation is 1. The molecule has 0 spiro atoms. The van der Waals surface area contributed by atoms with Crippen molar-refractivity contribution in [3.8, 4) is 0 Å². The molecule has 1 heterocycles. The van der Waals surface area contributed by atoms with Crippen molar-refractivity contribution in [2.75, 3.05) is 17.6 Å². The highest BCUT2D eigenvalue weighted by Gasteiger charge is 2.04. The maximum Gasteiger partial charge on any atom is 0.0937 e. The molecule has 0 unspecified atom stereocenters. The van der Waals surface area contributed by atoms with Crippen LogP contribution in [0.5, 0.6) is 0 Å². The van der Waals surface area contributed by atoms with Crippen LogP contribution in [0.1, 0.15) is 12.5 Å². The minimum absolute atomic E-state index is 0.708. The van der Waals surface area contributed by atoms with Crippen LogP contribution in [0.4, 0.5) is 11.4 Å². The fraction of sp³-hybridized carbons (Fsp3) is 0.250. The largest absolute Gasteiger partial charge is 0.397 e. The van der Waals surface area contributed by atoms with Crippen LogP contribution in [0, 0.1) is 6.92 Å². The van der Waals surface area contributed by atoms with Crippen LogP contribution in [-0.4, -0.2) is 11.5 Å². The summed E-state index contributed by atoms with van der Waals surface area (Å²) < 4.78 is 0. The summed E-state index contributed by atoms with van der Waals surface area (Å²) >= 11 is 0. The fourth-order valence-electron chi connectivity index (χ4n) is 1.71. The number of nitrogens with zero attached hydrogens (tertiary/aromatic N) is 1. The molecule has 0 atom stereocenters. The second-order valence-electron chi connectivity index (χ2n) is 3.63. The van der Waals surface area contributed by atoms with Crippen molar-refractivity contribution in [1.29, 1.82) is 0 Å². The Labute approximate surface area is 89.3 Å². The minimum atomic E-state index is 0.708. The van der Waals surface area contributed by atoms with Gasteiger partial charge in [-0.05, 0) is 31.5 Å². The summed E-state index contributed by atoms with van der Waals surface area (Å²) in [5.74, 6) is 0. The van der Waals surface area contributed by atoms with Crippen molar-refractivity contribution in [2.45, 2.75) is 13.8 Å². The Bertz CT molecular complexity index is 491. The van der Waals surface area contributed by atoms with Crippen molar-refractivity contribution >= 4 is 22.3 Å². The summed E-state index contributed by atoms with van der Waals surface area (Å²) in [5, 5.41) is 4.41. The van der Waals surface area contributed by atoms with Crippen LogP contribution < -0.4 is 11.1 Å². The lowest BCUT2D eigenvalue weighted by Gasteiger charge is -2.09. The summed E-state index contributed by atoms with van der Waals surface area (Å²) in [7, 11) is 0. The van der Waals surface area contributed by atoms with E-state index in [9.17, 15) is 0 Å². The van der Waals surface area contributed by atoms with E-state index in [0.29, 0.717) is 5.69 Å². The lowest BCUT2D eigenvalue weighted by molar-refractivity contribution is 1.21. The van der Waals surface area contributed by atoms with Crippen LogP contribution in [0.2, 0.25) is 0 Å². The van der Waals surface area contributed by atoms with E-state index < -0.39 is 0 Å². The number of rotatable bonds is 2. The lowest BCUT2D eigenvalue weighted by Crippen LogP contribution is -1.99. The summed E-state index contributed by atoms with van der Waals surface area (Å²) in [4.78, 5) is 4.37. The quantitative estimate of drug-likeness (QED) is 0.785. The molecule has 0 saturated carbocycles. The Kier molecular flexibility index (Phi) is 2.46. The molecule has 0 aliphatic carbocycles. The number of anilines is 2. The monoisotopic (exact) mass is 201 g/mol. The molecule has 1 aromatic carbocycles. The normalized spacial score (nSPS) is 10.5. The Morgan fingerprint density at radius 1 is 1.40 bits per heavy atom. The minimum Gasteiger partial charge on any atom is -0.397 e. The highest BCUT2D eigenvalue weighted by Crippen LogP contribution is 2.25. The van der Waals surface area contributed by atoms with Crippen molar-refractivity contribution in [3.05, 3.63) is 30.0 Å².